The van der Waals surface area contributed by atoms with Crippen LogP contribution in [0, 0.1) is 20.8 Å². The molecule has 1 atom stereocenters. The summed E-state index contributed by atoms with van der Waals surface area (Å²) in [5.41, 5.74) is 4.66. The lowest BCUT2D eigenvalue weighted by atomic mass is 10.1. The molecule has 122 valence electrons. The van der Waals surface area contributed by atoms with E-state index in [1.807, 2.05) is 31.2 Å². The van der Waals surface area contributed by atoms with Gasteiger partial charge >= 0.3 is 0 Å². The minimum Gasteiger partial charge on any atom is -0.491 e. The highest BCUT2D eigenvalue weighted by molar-refractivity contribution is 7.80. The molecule has 0 fully saturated rings. The molecule has 1 unspecified atom stereocenters. The molecular formula is C19H24N2OS. The number of ether oxygens (including phenoxy) is 1. The molecule has 2 aromatic rings. The highest BCUT2D eigenvalue weighted by atomic mass is 32.1. The Morgan fingerprint density at radius 2 is 1.61 bits per heavy atom. The van der Waals surface area contributed by atoms with Gasteiger partial charge in [0.05, 0.1) is 6.04 Å². The maximum absolute atomic E-state index is 5.76. The van der Waals surface area contributed by atoms with E-state index in [4.69, 9.17) is 17.0 Å². The number of rotatable bonds is 5. The molecule has 0 heterocycles. The van der Waals surface area contributed by atoms with E-state index in [1.54, 1.807) is 0 Å². The summed E-state index contributed by atoms with van der Waals surface area (Å²) < 4.78 is 5.76. The topological polar surface area (TPSA) is 33.3 Å². The third-order valence-corrected chi connectivity index (χ3v) is 3.60. The fourth-order valence-corrected chi connectivity index (χ4v) is 2.65. The minimum absolute atomic E-state index is 0.113. The first kappa shape index (κ1) is 17.3. The second-order valence-corrected chi connectivity index (χ2v) is 6.41. The van der Waals surface area contributed by atoms with Crippen LogP contribution in [0.4, 0.5) is 5.69 Å². The van der Waals surface area contributed by atoms with Crippen LogP contribution in [0.3, 0.4) is 0 Å². The van der Waals surface area contributed by atoms with Crippen LogP contribution >= 0.6 is 12.2 Å². The van der Waals surface area contributed by atoms with Crippen LogP contribution in [0.1, 0.15) is 23.6 Å². The number of nitrogens with one attached hydrogen (secondary N) is 2. The lowest BCUT2D eigenvalue weighted by molar-refractivity contribution is 0.287. The Kier molecular flexibility index (Phi) is 5.99. The maximum atomic E-state index is 5.76. The number of benzene rings is 2. The summed E-state index contributed by atoms with van der Waals surface area (Å²) >= 11 is 5.37. The zero-order chi connectivity index (χ0) is 16.8. The van der Waals surface area contributed by atoms with E-state index < -0.39 is 0 Å². The summed E-state index contributed by atoms with van der Waals surface area (Å²) in [6.07, 6.45) is 0. The SMILES string of the molecule is Cc1ccc(OCC(C)NC(=S)Nc2cc(C)cc(C)c2)cc1. The van der Waals surface area contributed by atoms with Gasteiger partial charge in [0, 0.05) is 5.69 Å². The highest BCUT2D eigenvalue weighted by Crippen LogP contribution is 2.14. The molecule has 23 heavy (non-hydrogen) atoms. The first-order chi connectivity index (χ1) is 10.9. The lowest BCUT2D eigenvalue weighted by Crippen LogP contribution is -2.39. The molecule has 0 aliphatic heterocycles. The molecule has 0 amide bonds. The molecule has 0 bridgehead atoms. The van der Waals surface area contributed by atoms with Crippen molar-refractivity contribution in [2.45, 2.75) is 33.7 Å². The van der Waals surface area contributed by atoms with Gasteiger partial charge in [-0.2, -0.15) is 0 Å². The molecule has 0 aliphatic carbocycles. The van der Waals surface area contributed by atoms with Crippen molar-refractivity contribution >= 4 is 23.0 Å². The number of anilines is 1. The Bertz CT molecular complexity index is 647. The van der Waals surface area contributed by atoms with Crippen LogP contribution < -0.4 is 15.4 Å². The highest BCUT2D eigenvalue weighted by Gasteiger charge is 2.06. The molecule has 0 aromatic heterocycles. The van der Waals surface area contributed by atoms with Gasteiger partial charge in [-0.25, -0.2) is 0 Å². The molecule has 2 N–H and O–H groups in total. The molecule has 0 saturated heterocycles. The van der Waals surface area contributed by atoms with Crippen molar-refractivity contribution in [2.24, 2.45) is 0 Å². The van der Waals surface area contributed by atoms with Gasteiger partial charge < -0.3 is 15.4 Å². The molecule has 2 aromatic carbocycles. The quantitative estimate of drug-likeness (QED) is 0.799. The third-order valence-electron chi connectivity index (χ3n) is 3.38. The normalized spacial score (nSPS) is 11.7. The molecule has 4 heteroatoms. The Morgan fingerprint density at radius 3 is 2.22 bits per heavy atom. The van der Waals surface area contributed by atoms with E-state index in [0.717, 1.165) is 11.4 Å². The smallest absolute Gasteiger partial charge is 0.171 e. The standard InChI is InChI=1S/C19H24N2OS/c1-13-5-7-18(8-6-13)22-12-16(4)20-19(23)21-17-10-14(2)9-15(3)11-17/h5-11,16H,12H2,1-4H3,(H2,20,21,23). The van der Waals surface area contributed by atoms with Crippen molar-refractivity contribution in [1.82, 2.24) is 5.32 Å². The zero-order valence-corrected chi connectivity index (χ0v) is 15.0. The lowest BCUT2D eigenvalue weighted by Gasteiger charge is -2.18. The Balaban J connectivity index is 1.81. The van der Waals surface area contributed by atoms with Crippen molar-refractivity contribution in [3.8, 4) is 5.75 Å². The number of aryl methyl sites for hydroxylation is 3. The number of thiocarbonyl (C=S) groups is 1. The minimum atomic E-state index is 0.113. The van der Waals surface area contributed by atoms with Crippen LogP contribution in [0.2, 0.25) is 0 Å². The fourth-order valence-electron chi connectivity index (χ4n) is 2.34. The molecule has 0 radical (unpaired) electrons. The first-order valence-corrected chi connectivity index (χ1v) is 8.18. The Hall–Kier alpha value is -2.07. The predicted octanol–water partition coefficient (Wildman–Crippen LogP) is 4.37. The van der Waals surface area contributed by atoms with Crippen molar-refractivity contribution in [1.29, 1.82) is 0 Å². The van der Waals surface area contributed by atoms with E-state index in [0.29, 0.717) is 11.7 Å². The molecule has 0 spiro atoms. The van der Waals surface area contributed by atoms with Crippen LogP contribution in [0.5, 0.6) is 5.75 Å². The van der Waals surface area contributed by atoms with Gasteiger partial charge in [0.1, 0.15) is 12.4 Å². The van der Waals surface area contributed by atoms with Crippen LogP contribution in [0.25, 0.3) is 0 Å². The summed E-state index contributed by atoms with van der Waals surface area (Å²) in [6.45, 7) is 8.81. The second-order valence-electron chi connectivity index (χ2n) is 6.00. The number of hydrogen-bond acceptors (Lipinski definition) is 2. The van der Waals surface area contributed by atoms with E-state index in [-0.39, 0.29) is 6.04 Å². The molecule has 3 nitrogen and oxygen atoms in total. The van der Waals surface area contributed by atoms with Crippen molar-refractivity contribution in [3.05, 3.63) is 59.2 Å². The van der Waals surface area contributed by atoms with Gasteiger partial charge in [-0.3, -0.25) is 0 Å². The Labute approximate surface area is 144 Å². The first-order valence-electron chi connectivity index (χ1n) is 7.77. The Morgan fingerprint density at radius 1 is 1.00 bits per heavy atom. The summed E-state index contributed by atoms with van der Waals surface area (Å²) in [4.78, 5) is 0. The second kappa shape index (κ2) is 7.97. The van der Waals surface area contributed by atoms with Gasteiger partial charge in [0.25, 0.3) is 0 Å². The van der Waals surface area contributed by atoms with Crippen molar-refractivity contribution in [3.63, 3.8) is 0 Å². The van der Waals surface area contributed by atoms with Crippen LogP contribution in [-0.4, -0.2) is 17.8 Å². The monoisotopic (exact) mass is 328 g/mol. The molecule has 0 aliphatic rings. The van der Waals surface area contributed by atoms with Gasteiger partial charge in [-0.15, -0.1) is 0 Å². The summed E-state index contributed by atoms with van der Waals surface area (Å²) in [6, 6.07) is 14.5. The van der Waals surface area contributed by atoms with Gasteiger partial charge in [0.2, 0.25) is 0 Å². The molecule has 0 saturated carbocycles. The largest absolute Gasteiger partial charge is 0.491 e. The van der Waals surface area contributed by atoms with E-state index in [2.05, 4.69) is 49.6 Å². The maximum Gasteiger partial charge on any atom is 0.171 e. The van der Waals surface area contributed by atoms with E-state index >= 15 is 0 Å². The van der Waals surface area contributed by atoms with Gasteiger partial charge in [-0.05, 0) is 75.3 Å². The van der Waals surface area contributed by atoms with Crippen molar-refractivity contribution < 1.29 is 4.74 Å². The predicted molar refractivity (Wildman–Crippen MR) is 101 cm³/mol. The van der Waals surface area contributed by atoms with Gasteiger partial charge in [0.15, 0.2) is 5.11 Å². The summed E-state index contributed by atoms with van der Waals surface area (Å²) in [7, 11) is 0. The van der Waals surface area contributed by atoms with Crippen LogP contribution in [0.15, 0.2) is 42.5 Å². The zero-order valence-electron chi connectivity index (χ0n) is 14.1. The number of hydrogen-bond donors (Lipinski definition) is 2. The van der Waals surface area contributed by atoms with Crippen LogP contribution in [-0.2, 0) is 0 Å². The average molecular weight is 328 g/mol. The third kappa shape index (κ3) is 5.91. The summed E-state index contributed by atoms with van der Waals surface area (Å²) in [5, 5.41) is 7.08. The fraction of sp³-hybridized carbons (Fsp3) is 0.316. The van der Waals surface area contributed by atoms with Crippen molar-refractivity contribution in [2.75, 3.05) is 11.9 Å². The van der Waals surface area contributed by atoms with Gasteiger partial charge in [-0.1, -0.05) is 23.8 Å². The molecule has 2 rings (SSSR count). The summed E-state index contributed by atoms with van der Waals surface area (Å²) in [5.74, 6) is 0.873. The van der Waals surface area contributed by atoms with E-state index in [9.17, 15) is 0 Å². The average Bonchev–Trinajstić information content (AvgIpc) is 2.45. The molecular weight excluding hydrogens is 304 g/mol. The van der Waals surface area contributed by atoms with E-state index in [1.165, 1.54) is 16.7 Å².